The Morgan fingerprint density at radius 1 is 1.19 bits per heavy atom. The number of benzene rings is 2. The lowest BCUT2D eigenvalue weighted by Crippen LogP contribution is -2.24. The van der Waals surface area contributed by atoms with Gasteiger partial charge in [-0.2, -0.15) is 0 Å². The van der Waals surface area contributed by atoms with Gasteiger partial charge in [0.2, 0.25) is 5.91 Å². The van der Waals surface area contributed by atoms with Crippen molar-refractivity contribution in [2.24, 2.45) is 0 Å². The number of methoxy groups -OCH3 is 1. The van der Waals surface area contributed by atoms with Crippen molar-refractivity contribution < 1.29 is 19.1 Å². The molecule has 3 rings (SSSR count). The van der Waals surface area contributed by atoms with Crippen LogP contribution in [0.4, 0.5) is 11.4 Å². The summed E-state index contributed by atoms with van der Waals surface area (Å²) in [6, 6.07) is 13.0. The maximum absolute atomic E-state index is 12.2. The summed E-state index contributed by atoms with van der Waals surface area (Å²) in [7, 11) is 1.55. The van der Waals surface area contributed by atoms with Gasteiger partial charge in [0.25, 0.3) is 5.91 Å². The van der Waals surface area contributed by atoms with Gasteiger partial charge in [0.05, 0.1) is 12.8 Å². The van der Waals surface area contributed by atoms with Gasteiger partial charge in [0.15, 0.2) is 6.61 Å². The van der Waals surface area contributed by atoms with Crippen molar-refractivity contribution in [3.05, 3.63) is 48.0 Å². The smallest absolute Gasteiger partial charge is 0.262 e. The van der Waals surface area contributed by atoms with E-state index in [4.69, 9.17) is 9.47 Å². The molecule has 6 nitrogen and oxygen atoms in total. The number of hydrogen-bond donors (Lipinski definition) is 1. The second kappa shape index (κ2) is 8.58. The van der Waals surface area contributed by atoms with Crippen LogP contribution in [0.3, 0.4) is 0 Å². The van der Waals surface area contributed by atoms with Crippen LogP contribution in [0, 0.1) is 0 Å². The molecule has 1 aliphatic rings. The average molecular weight is 368 g/mol. The third-order valence-electron chi connectivity index (χ3n) is 4.54. The summed E-state index contributed by atoms with van der Waals surface area (Å²) in [5.74, 6) is 1.11. The van der Waals surface area contributed by atoms with Crippen molar-refractivity contribution in [2.45, 2.75) is 26.2 Å². The Labute approximate surface area is 159 Å². The average Bonchev–Trinajstić information content (AvgIpc) is 3.12. The fraction of sp³-hybridized carbons (Fsp3) is 0.333. The third kappa shape index (κ3) is 4.39. The number of rotatable bonds is 7. The highest BCUT2D eigenvalue weighted by Crippen LogP contribution is 2.33. The molecule has 1 N–H and O–H groups in total. The Bertz CT molecular complexity index is 835. The van der Waals surface area contributed by atoms with E-state index in [2.05, 4.69) is 5.32 Å². The van der Waals surface area contributed by atoms with Gasteiger partial charge in [-0.05, 0) is 36.6 Å². The summed E-state index contributed by atoms with van der Waals surface area (Å²) >= 11 is 0. The maximum atomic E-state index is 12.2. The lowest BCUT2D eigenvalue weighted by Gasteiger charge is -2.19. The van der Waals surface area contributed by atoms with Gasteiger partial charge in [-0.25, -0.2) is 0 Å². The number of amides is 2. The molecule has 2 aromatic carbocycles. The Hall–Kier alpha value is -3.02. The van der Waals surface area contributed by atoms with Crippen LogP contribution in [-0.4, -0.2) is 32.1 Å². The van der Waals surface area contributed by atoms with Crippen molar-refractivity contribution in [3.63, 3.8) is 0 Å². The molecule has 0 atom stereocenters. The summed E-state index contributed by atoms with van der Waals surface area (Å²) < 4.78 is 11.1. The number of para-hydroxylation sites is 1. The van der Waals surface area contributed by atoms with Crippen molar-refractivity contribution in [2.75, 3.05) is 30.5 Å². The number of ether oxygens (including phenoxy) is 2. The SMILES string of the molecule is CCc1ccccc1OCC(=O)Nc1ccc(N2CCCC2=O)c(OC)c1. The number of anilines is 2. The molecule has 0 aliphatic carbocycles. The van der Waals surface area contributed by atoms with Crippen molar-refractivity contribution in [3.8, 4) is 11.5 Å². The van der Waals surface area contributed by atoms with E-state index in [0.717, 1.165) is 29.8 Å². The van der Waals surface area contributed by atoms with E-state index in [-0.39, 0.29) is 18.4 Å². The lowest BCUT2D eigenvalue weighted by atomic mass is 10.1. The largest absolute Gasteiger partial charge is 0.494 e. The number of carbonyl (C=O) groups is 2. The van der Waals surface area contributed by atoms with Gasteiger partial charge in [0, 0.05) is 24.7 Å². The molecule has 1 saturated heterocycles. The predicted molar refractivity (Wildman–Crippen MR) is 105 cm³/mol. The number of aryl methyl sites for hydroxylation is 1. The highest BCUT2D eigenvalue weighted by molar-refractivity contribution is 5.98. The van der Waals surface area contributed by atoms with Crippen LogP contribution in [0.15, 0.2) is 42.5 Å². The van der Waals surface area contributed by atoms with E-state index in [0.29, 0.717) is 24.4 Å². The van der Waals surface area contributed by atoms with E-state index < -0.39 is 0 Å². The molecule has 0 spiro atoms. The van der Waals surface area contributed by atoms with Gasteiger partial charge >= 0.3 is 0 Å². The van der Waals surface area contributed by atoms with Gasteiger partial charge in [0.1, 0.15) is 11.5 Å². The molecule has 2 aromatic rings. The van der Waals surface area contributed by atoms with Crippen molar-refractivity contribution in [1.29, 1.82) is 0 Å². The van der Waals surface area contributed by atoms with Crippen LogP contribution in [0.25, 0.3) is 0 Å². The third-order valence-corrected chi connectivity index (χ3v) is 4.54. The molecule has 0 radical (unpaired) electrons. The van der Waals surface area contributed by atoms with Crippen molar-refractivity contribution >= 4 is 23.2 Å². The molecular formula is C21H24N2O4. The minimum Gasteiger partial charge on any atom is -0.494 e. The number of carbonyl (C=O) groups excluding carboxylic acids is 2. The first-order valence-corrected chi connectivity index (χ1v) is 9.11. The van der Waals surface area contributed by atoms with Gasteiger partial charge < -0.3 is 19.7 Å². The summed E-state index contributed by atoms with van der Waals surface area (Å²) in [6.07, 6.45) is 2.24. The molecule has 1 aliphatic heterocycles. The monoisotopic (exact) mass is 368 g/mol. The van der Waals surface area contributed by atoms with Gasteiger partial charge in [-0.1, -0.05) is 25.1 Å². The standard InChI is InChI=1S/C21H24N2O4/c1-3-15-7-4-5-8-18(15)27-14-20(24)22-16-10-11-17(19(13-16)26-2)23-12-6-9-21(23)25/h4-5,7-8,10-11,13H,3,6,9,12,14H2,1-2H3,(H,22,24). The Kier molecular flexibility index (Phi) is 5.96. The van der Waals surface area contributed by atoms with E-state index in [1.54, 1.807) is 30.2 Å². The summed E-state index contributed by atoms with van der Waals surface area (Å²) in [5, 5.41) is 2.81. The van der Waals surface area contributed by atoms with E-state index in [1.165, 1.54) is 0 Å². The minimum atomic E-state index is -0.257. The highest BCUT2D eigenvalue weighted by atomic mass is 16.5. The van der Waals surface area contributed by atoms with Crippen LogP contribution < -0.4 is 19.7 Å². The maximum Gasteiger partial charge on any atom is 0.262 e. The Morgan fingerprint density at radius 2 is 2.00 bits per heavy atom. The molecule has 2 amide bonds. The van der Waals surface area contributed by atoms with Gasteiger partial charge in [-0.3, -0.25) is 9.59 Å². The molecule has 0 bridgehead atoms. The van der Waals surface area contributed by atoms with Crippen LogP contribution >= 0.6 is 0 Å². The summed E-state index contributed by atoms with van der Waals surface area (Å²) in [5.41, 5.74) is 2.39. The first kappa shape index (κ1) is 18.8. The fourth-order valence-corrected chi connectivity index (χ4v) is 3.16. The van der Waals surface area contributed by atoms with Crippen molar-refractivity contribution in [1.82, 2.24) is 0 Å². The molecule has 0 aromatic heterocycles. The fourth-order valence-electron chi connectivity index (χ4n) is 3.16. The number of nitrogens with one attached hydrogen (secondary N) is 1. The first-order valence-electron chi connectivity index (χ1n) is 9.11. The second-order valence-electron chi connectivity index (χ2n) is 6.33. The van der Waals surface area contributed by atoms with Gasteiger partial charge in [-0.15, -0.1) is 0 Å². The van der Waals surface area contributed by atoms with E-state index in [1.807, 2.05) is 31.2 Å². The Morgan fingerprint density at radius 3 is 2.70 bits per heavy atom. The second-order valence-corrected chi connectivity index (χ2v) is 6.33. The van der Waals surface area contributed by atoms with Crippen LogP contribution in [-0.2, 0) is 16.0 Å². The summed E-state index contributed by atoms with van der Waals surface area (Å²) in [6.45, 7) is 2.65. The molecule has 0 unspecified atom stereocenters. The number of hydrogen-bond acceptors (Lipinski definition) is 4. The quantitative estimate of drug-likeness (QED) is 0.813. The molecule has 6 heteroatoms. The molecule has 1 heterocycles. The highest BCUT2D eigenvalue weighted by Gasteiger charge is 2.24. The number of nitrogens with zero attached hydrogens (tertiary/aromatic N) is 1. The molecule has 0 saturated carbocycles. The van der Waals surface area contributed by atoms with Crippen LogP contribution in [0.5, 0.6) is 11.5 Å². The lowest BCUT2D eigenvalue weighted by molar-refractivity contribution is -0.118. The zero-order valence-electron chi connectivity index (χ0n) is 15.7. The molecule has 27 heavy (non-hydrogen) atoms. The predicted octanol–water partition coefficient (Wildman–Crippen LogP) is 3.40. The first-order chi connectivity index (χ1) is 13.1. The molecular weight excluding hydrogens is 344 g/mol. The topological polar surface area (TPSA) is 67.9 Å². The minimum absolute atomic E-state index is 0.0777. The molecule has 142 valence electrons. The molecule has 1 fully saturated rings. The Balaban J connectivity index is 1.64. The zero-order valence-corrected chi connectivity index (χ0v) is 15.7. The van der Waals surface area contributed by atoms with E-state index >= 15 is 0 Å². The normalized spacial score (nSPS) is 13.6. The summed E-state index contributed by atoms with van der Waals surface area (Å²) in [4.78, 5) is 25.9. The zero-order chi connectivity index (χ0) is 19.2. The van der Waals surface area contributed by atoms with E-state index in [9.17, 15) is 9.59 Å². The van der Waals surface area contributed by atoms with Crippen LogP contribution in [0.2, 0.25) is 0 Å². The van der Waals surface area contributed by atoms with Crippen LogP contribution in [0.1, 0.15) is 25.3 Å².